The Morgan fingerprint density at radius 1 is 1.09 bits per heavy atom. The molecule has 2 aliphatic rings. The molecule has 1 aromatic heterocycles. The molecule has 0 amide bonds. The third kappa shape index (κ3) is 3.45. The van der Waals surface area contributed by atoms with E-state index in [1.807, 2.05) is 0 Å². The van der Waals surface area contributed by atoms with E-state index in [-0.39, 0.29) is 0 Å². The molecule has 3 rings (SSSR count). The standard InChI is InChI=1S/C19H31N3/c1-15(2)14-22-13-5-4-8-18(22)17-9-10-19(20-16(17)3)21-11-6-7-12-21/h9-10,15,18H,4-8,11-14H2,1-3H3/t18-/m1/s1. The predicted molar refractivity (Wildman–Crippen MR) is 93.4 cm³/mol. The van der Waals surface area contributed by atoms with Crippen LogP contribution in [0.1, 0.15) is 63.3 Å². The maximum absolute atomic E-state index is 4.94. The molecule has 1 atom stereocenters. The highest BCUT2D eigenvalue weighted by Crippen LogP contribution is 2.33. The van der Waals surface area contributed by atoms with Crippen molar-refractivity contribution in [1.29, 1.82) is 0 Å². The van der Waals surface area contributed by atoms with Crippen LogP contribution in [0.3, 0.4) is 0 Å². The van der Waals surface area contributed by atoms with Crippen molar-refractivity contribution in [2.75, 3.05) is 31.1 Å². The highest BCUT2D eigenvalue weighted by atomic mass is 15.2. The van der Waals surface area contributed by atoms with Crippen molar-refractivity contribution in [3.05, 3.63) is 23.4 Å². The summed E-state index contributed by atoms with van der Waals surface area (Å²) >= 11 is 0. The molecule has 0 N–H and O–H groups in total. The number of aromatic nitrogens is 1. The Morgan fingerprint density at radius 3 is 2.50 bits per heavy atom. The third-order valence-corrected chi connectivity index (χ3v) is 5.11. The third-order valence-electron chi connectivity index (χ3n) is 5.11. The zero-order valence-corrected chi connectivity index (χ0v) is 14.5. The van der Waals surface area contributed by atoms with Gasteiger partial charge in [0, 0.05) is 31.4 Å². The van der Waals surface area contributed by atoms with Gasteiger partial charge in [0.05, 0.1) is 0 Å². The lowest BCUT2D eigenvalue weighted by Gasteiger charge is -2.37. The van der Waals surface area contributed by atoms with Crippen LogP contribution >= 0.6 is 0 Å². The Kier molecular flexibility index (Phi) is 5.02. The van der Waals surface area contributed by atoms with Gasteiger partial charge >= 0.3 is 0 Å². The summed E-state index contributed by atoms with van der Waals surface area (Å²) in [7, 11) is 0. The minimum absolute atomic E-state index is 0.580. The summed E-state index contributed by atoms with van der Waals surface area (Å²) in [5.74, 6) is 1.92. The van der Waals surface area contributed by atoms with Crippen LogP contribution in [0.2, 0.25) is 0 Å². The first-order valence-electron chi connectivity index (χ1n) is 9.11. The van der Waals surface area contributed by atoms with Gasteiger partial charge in [-0.05, 0) is 56.7 Å². The van der Waals surface area contributed by atoms with E-state index < -0.39 is 0 Å². The first-order valence-corrected chi connectivity index (χ1v) is 9.11. The van der Waals surface area contributed by atoms with Crippen LogP contribution in [0, 0.1) is 12.8 Å². The molecule has 122 valence electrons. The van der Waals surface area contributed by atoms with Gasteiger partial charge in [0.1, 0.15) is 5.82 Å². The average molecular weight is 301 g/mol. The number of hydrogen-bond donors (Lipinski definition) is 0. The SMILES string of the molecule is Cc1nc(N2CCCC2)ccc1[C@H]1CCCCN1CC(C)C. The van der Waals surface area contributed by atoms with Gasteiger partial charge in [-0.3, -0.25) is 4.90 Å². The second kappa shape index (κ2) is 6.99. The summed E-state index contributed by atoms with van der Waals surface area (Å²) in [4.78, 5) is 10.1. The van der Waals surface area contributed by atoms with E-state index in [1.54, 1.807) is 0 Å². The van der Waals surface area contributed by atoms with E-state index in [2.05, 4.69) is 42.7 Å². The molecule has 3 heteroatoms. The van der Waals surface area contributed by atoms with E-state index in [4.69, 9.17) is 4.98 Å². The fourth-order valence-electron chi connectivity index (χ4n) is 4.06. The van der Waals surface area contributed by atoms with Gasteiger partial charge in [0.25, 0.3) is 0 Å². The largest absolute Gasteiger partial charge is 0.357 e. The Balaban J connectivity index is 1.80. The molecule has 0 aliphatic carbocycles. The minimum atomic E-state index is 0.580. The summed E-state index contributed by atoms with van der Waals surface area (Å²) in [6.07, 6.45) is 6.62. The number of likely N-dealkylation sites (tertiary alicyclic amines) is 1. The van der Waals surface area contributed by atoms with Crippen molar-refractivity contribution in [3.63, 3.8) is 0 Å². The molecule has 0 bridgehead atoms. The van der Waals surface area contributed by atoms with E-state index >= 15 is 0 Å². The van der Waals surface area contributed by atoms with E-state index in [0.717, 1.165) is 5.92 Å². The number of pyridine rings is 1. The highest BCUT2D eigenvalue weighted by molar-refractivity contribution is 5.43. The first-order chi connectivity index (χ1) is 10.6. The number of nitrogens with zero attached hydrogens (tertiary/aromatic N) is 3. The summed E-state index contributed by atoms with van der Waals surface area (Å²) < 4.78 is 0. The van der Waals surface area contributed by atoms with Crippen LogP contribution < -0.4 is 4.90 Å². The zero-order valence-electron chi connectivity index (χ0n) is 14.5. The van der Waals surface area contributed by atoms with Crippen molar-refractivity contribution in [2.45, 2.75) is 58.9 Å². The lowest BCUT2D eigenvalue weighted by molar-refractivity contribution is 0.131. The minimum Gasteiger partial charge on any atom is -0.357 e. The molecule has 0 saturated carbocycles. The highest BCUT2D eigenvalue weighted by Gasteiger charge is 2.26. The molecule has 2 aliphatic heterocycles. The maximum atomic E-state index is 4.94. The monoisotopic (exact) mass is 301 g/mol. The summed E-state index contributed by atoms with van der Waals surface area (Å²) in [5.41, 5.74) is 2.70. The van der Waals surface area contributed by atoms with Crippen molar-refractivity contribution in [3.8, 4) is 0 Å². The molecule has 3 nitrogen and oxygen atoms in total. The van der Waals surface area contributed by atoms with Gasteiger partial charge in [-0.2, -0.15) is 0 Å². The Morgan fingerprint density at radius 2 is 1.82 bits per heavy atom. The number of anilines is 1. The summed E-state index contributed by atoms with van der Waals surface area (Å²) in [6.45, 7) is 11.7. The van der Waals surface area contributed by atoms with Gasteiger partial charge in [-0.25, -0.2) is 4.98 Å². The van der Waals surface area contributed by atoms with Crippen LogP contribution in [0.25, 0.3) is 0 Å². The molecular weight excluding hydrogens is 270 g/mol. The van der Waals surface area contributed by atoms with Gasteiger partial charge < -0.3 is 4.90 Å². The maximum Gasteiger partial charge on any atom is 0.128 e. The quantitative estimate of drug-likeness (QED) is 0.832. The second-order valence-electron chi connectivity index (χ2n) is 7.44. The molecular formula is C19H31N3. The number of piperidine rings is 1. The van der Waals surface area contributed by atoms with Crippen LogP contribution in [-0.2, 0) is 0 Å². The normalized spacial score (nSPS) is 23.5. The average Bonchev–Trinajstić information content (AvgIpc) is 3.02. The zero-order chi connectivity index (χ0) is 15.5. The smallest absolute Gasteiger partial charge is 0.128 e. The lowest BCUT2D eigenvalue weighted by Crippen LogP contribution is -2.36. The topological polar surface area (TPSA) is 19.4 Å². The van der Waals surface area contributed by atoms with Crippen molar-refractivity contribution >= 4 is 5.82 Å². The fourth-order valence-corrected chi connectivity index (χ4v) is 4.06. The van der Waals surface area contributed by atoms with Gasteiger partial charge in [0.15, 0.2) is 0 Å². The molecule has 2 saturated heterocycles. The van der Waals surface area contributed by atoms with Gasteiger partial charge in [-0.1, -0.05) is 26.3 Å². The van der Waals surface area contributed by atoms with Crippen LogP contribution in [0.4, 0.5) is 5.82 Å². The van der Waals surface area contributed by atoms with E-state index in [0.29, 0.717) is 6.04 Å². The molecule has 0 unspecified atom stereocenters. The lowest BCUT2D eigenvalue weighted by atomic mass is 9.93. The van der Waals surface area contributed by atoms with Crippen molar-refractivity contribution < 1.29 is 0 Å². The molecule has 0 spiro atoms. The molecule has 3 heterocycles. The van der Waals surface area contributed by atoms with Gasteiger partial charge in [-0.15, -0.1) is 0 Å². The molecule has 0 radical (unpaired) electrons. The molecule has 0 aromatic carbocycles. The van der Waals surface area contributed by atoms with E-state index in [1.165, 1.54) is 75.4 Å². The number of aryl methyl sites for hydroxylation is 1. The Bertz CT molecular complexity index is 491. The van der Waals surface area contributed by atoms with Crippen LogP contribution in [0.15, 0.2) is 12.1 Å². The number of hydrogen-bond acceptors (Lipinski definition) is 3. The molecule has 22 heavy (non-hydrogen) atoms. The van der Waals surface area contributed by atoms with E-state index in [9.17, 15) is 0 Å². The second-order valence-corrected chi connectivity index (χ2v) is 7.44. The summed E-state index contributed by atoms with van der Waals surface area (Å²) in [5, 5.41) is 0. The molecule has 1 aromatic rings. The Labute approximate surface area is 135 Å². The molecule has 2 fully saturated rings. The van der Waals surface area contributed by atoms with Crippen LogP contribution in [-0.4, -0.2) is 36.1 Å². The van der Waals surface area contributed by atoms with Crippen molar-refractivity contribution in [1.82, 2.24) is 9.88 Å². The van der Waals surface area contributed by atoms with Gasteiger partial charge in [0.2, 0.25) is 0 Å². The summed E-state index contributed by atoms with van der Waals surface area (Å²) in [6, 6.07) is 5.20. The first kappa shape index (κ1) is 15.8. The predicted octanol–water partition coefficient (Wildman–Crippen LogP) is 4.17. The van der Waals surface area contributed by atoms with Crippen LogP contribution in [0.5, 0.6) is 0 Å². The Hall–Kier alpha value is -1.09. The fraction of sp³-hybridized carbons (Fsp3) is 0.737. The number of rotatable bonds is 4. The van der Waals surface area contributed by atoms with Crippen molar-refractivity contribution in [2.24, 2.45) is 5.92 Å².